The number of hydrogen-bond acceptors (Lipinski definition) is 4. The van der Waals surface area contributed by atoms with E-state index in [1.165, 1.54) is 5.01 Å². The first-order valence-electron chi connectivity index (χ1n) is 6.53. The highest BCUT2D eigenvalue weighted by Crippen LogP contribution is 2.31. The molecule has 3 atom stereocenters. The molecule has 0 saturated carbocycles. The van der Waals surface area contributed by atoms with E-state index in [-0.39, 0.29) is 0 Å². The van der Waals surface area contributed by atoms with Gasteiger partial charge in [0.2, 0.25) is 0 Å². The number of rotatable bonds is 4. The third-order valence-electron chi connectivity index (χ3n) is 3.43. The van der Waals surface area contributed by atoms with Gasteiger partial charge in [-0.25, -0.2) is 4.98 Å². The van der Waals surface area contributed by atoms with Gasteiger partial charge >= 0.3 is 0 Å². The summed E-state index contributed by atoms with van der Waals surface area (Å²) in [6, 6.07) is 0.850. The monoisotopic (exact) mass is 288 g/mol. The molecule has 3 nitrogen and oxygen atoms in total. The minimum absolute atomic E-state index is 0.308. The molecule has 0 aliphatic carbocycles. The Kier molecular flexibility index (Phi) is 5.01. The van der Waals surface area contributed by atoms with Crippen LogP contribution in [0.4, 0.5) is 0 Å². The summed E-state index contributed by atoms with van der Waals surface area (Å²) in [5.41, 5.74) is 0.990. The van der Waals surface area contributed by atoms with Crippen LogP contribution in [0.15, 0.2) is 5.38 Å². The average molecular weight is 289 g/mol. The van der Waals surface area contributed by atoms with Crippen molar-refractivity contribution in [1.29, 1.82) is 0 Å². The standard InChI is InChI=1S/C13H21ClN2OS/c1-4-12(13-15-11(5-14)8-18-13)16-6-10(3)17-7-9(16)2/h8-10,12H,4-7H2,1-3H3. The maximum atomic E-state index is 5.84. The molecule has 1 aliphatic rings. The molecule has 0 amide bonds. The van der Waals surface area contributed by atoms with Gasteiger partial charge in [0.1, 0.15) is 5.01 Å². The van der Waals surface area contributed by atoms with Crippen molar-refractivity contribution in [3.63, 3.8) is 0 Å². The summed E-state index contributed by atoms with van der Waals surface area (Å²) in [7, 11) is 0. The zero-order valence-corrected chi connectivity index (χ0v) is 12.8. The SMILES string of the molecule is CCC(c1nc(CCl)cs1)N1CC(C)OCC1C. The van der Waals surface area contributed by atoms with Gasteiger partial charge in [0, 0.05) is 18.0 Å². The molecule has 5 heteroatoms. The molecular weight excluding hydrogens is 268 g/mol. The molecule has 3 unspecified atom stereocenters. The van der Waals surface area contributed by atoms with Crippen molar-refractivity contribution in [1.82, 2.24) is 9.88 Å². The molecule has 2 heterocycles. The predicted molar refractivity (Wildman–Crippen MR) is 76.3 cm³/mol. The first-order valence-corrected chi connectivity index (χ1v) is 7.94. The van der Waals surface area contributed by atoms with Gasteiger partial charge in [-0.1, -0.05) is 6.92 Å². The molecule has 102 valence electrons. The fraction of sp³-hybridized carbons (Fsp3) is 0.769. The van der Waals surface area contributed by atoms with Crippen molar-refractivity contribution < 1.29 is 4.74 Å². The molecule has 1 aromatic rings. The lowest BCUT2D eigenvalue weighted by Crippen LogP contribution is -2.48. The lowest BCUT2D eigenvalue weighted by molar-refractivity contribution is -0.0673. The molecule has 1 saturated heterocycles. The van der Waals surface area contributed by atoms with Gasteiger partial charge in [-0.05, 0) is 20.3 Å². The fourth-order valence-corrected chi connectivity index (χ4v) is 3.70. The largest absolute Gasteiger partial charge is 0.376 e. The van der Waals surface area contributed by atoms with Crippen LogP contribution in [0.25, 0.3) is 0 Å². The lowest BCUT2D eigenvalue weighted by Gasteiger charge is -2.41. The third kappa shape index (κ3) is 3.05. The van der Waals surface area contributed by atoms with Crippen LogP contribution in [-0.4, -0.2) is 35.2 Å². The highest BCUT2D eigenvalue weighted by atomic mass is 35.5. The van der Waals surface area contributed by atoms with Gasteiger partial charge in [0.15, 0.2) is 0 Å². The van der Waals surface area contributed by atoms with Crippen molar-refractivity contribution in [2.45, 2.75) is 51.3 Å². The number of morpholine rings is 1. The van der Waals surface area contributed by atoms with E-state index in [0.29, 0.717) is 24.1 Å². The van der Waals surface area contributed by atoms with E-state index >= 15 is 0 Å². The summed E-state index contributed by atoms with van der Waals surface area (Å²) >= 11 is 7.56. The van der Waals surface area contributed by atoms with E-state index in [1.54, 1.807) is 11.3 Å². The highest BCUT2D eigenvalue weighted by Gasteiger charge is 2.31. The second-order valence-electron chi connectivity index (χ2n) is 4.92. The van der Waals surface area contributed by atoms with Crippen molar-refractivity contribution >= 4 is 22.9 Å². The second-order valence-corrected chi connectivity index (χ2v) is 6.08. The zero-order chi connectivity index (χ0) is 13.1. The summed E-state index contributed by atoms with van der Waals surface area (Å²) in [4.78, 5) is 7.16. The molecule has 2 rings (SSSR count). The summed E-state index contributed by atoms with van der Waals surface area (Å²) in [6.07, 6.45) is 1.38. The van der Waals surface area contributed by atoms with E-state index in [9.17, 15) is 0 Å². The van der Waals surface area contributed by atoms with Crippen molar-refractivity contribution in [3.05, 3.63) is 16.1 Å². The Hall–Kier alpha value is -0.160. The molecule has 18 heavy (non-hydrogen) atoms. The quantitative estimate of drug-likeness (QED) is 0.794. The van der Waals surface area contributed by atoms with E-state index < -0.39 is 0 Å². The Bertz CT molecular complexity index is 385. The van der Waals surface area contributed by atoms with E-state index in [2.05, 4.69) is 36.0 Å². The topological polar surface area (TPSA) is 25.4 Å². The highest BCUT2D eigenvalue weighted by molar-refractivity contribution is 7.09. The molecular formula is C13H21ClN2OS. The van der Waals surface area contributed by atoms with Crippen LogP contribution in [0.3, 0.4) is 0 Å². The van der Waals surface area contributed by atoms with Crippen LogP contribution in [-0.2, 0) is 10.6 Å². The Morgan fingerprint density at radius 2 is 2.39 bits per heavy atom. The Labute approximate surface area is 118 Å². The van der Waals surface area contributed by atoms with Crippen molar-refractivity contribution in [2.75, 3.05) is 13.2 Å². The summed E-state index contributed by atoms with van der Waals surface area (Å²) in [5.74, 6) is 0.502. The summed E-state index contributed by atoms with van der Waals surface area (Å²) in [5, 5.41) is 3.26. The predicted octanol–water partition coefficient (Wildman–Crippen LogP) is 3.44. The summed E-state index contributed by atoms with van der Waals surface area (Å²) in [6.45, 7) is 8.38. The first-order chi connectivity index (χ1) is 8.65. The molecule has 0 N–H and O–H groups in total. The van der Waals surface area contributed by atoms with Crippen molar-refractivity contribution in [2.24, 2.45) is 0 Å². The minimum Gasteiger partial charge on any atom is -0.376 e. The number of ether oxygens (including phenoxy) is 1. The Morgan fingerprint density at radius 3 is 3.00 bits per heavy atom. The maximum absolute atomic E-state index is 5.84. The molecule has 1 aliphatic heterocycles. The van der Waals surface area contributed by atoms with Gasteiger partial charge in [-0.3, -0.25) is 4.90 Å². The number of nitrogens with zero attached hydrogens (tertiary/aromatic N) is 2. The number of hydrogen-bond donors (Lipinski definition) is 0. The molecule has 1 fully saturated rings. The first kappa shape index (κ1) is 14.3. The number of thiazole rings is 1. The van der Waals surface area contributed by atoms with Gasteiger partial charge in [0.25, 0.3) is 0 Å². The maximum Gasteiger partial charge on any atom is 0.110 e. The van der Waals surface area contributed by atoms with Crippen LogP contribution in [0.2, 0.25) is 0 Å². The normalized spacial score (nSPS) is 27.3. The Morgan fingerprint density at radius 1 is 1.61 bits per heavy atom. The molecule has 0 bridgehead atoms. The smallest absolute Gasteiger partial charge is 0.110 e. The van der Waals surface area contributed by atoms with Gasteiger partial charge in [0.05, 0.1) is 30.3 Å². The average Bonchev–Trinajstić information content (AvgIpc) is 2.83. The van der Waals surface area contributed by atoms with E-state index in [1.807, 2.05) is 0 Å². The van der Waals surface area contributed by atoms with Crippen LogP contribution in [0, 0.1) is 0 Å². The van der Waals surface area contributed by atoms with Gasteiger partial charge < -0.3 is 4.74 Å². The van der Waals surface area contributed by atoms with Gasteiger partial charge in [-0.2, -0.15) is 0 Å². The second kappa shape index (κ2) is 6.33. The van der Waals surface area contributed by atoms with Crippen LogP contribution in [0.1, 0.15) is 43.9 Å². The van der Waals surface area contributed by atoms with Crippen LogP contribution in [0.5, 0.6) is 0 Å². The number of alkyl halides is 1. The molecule has 1 aromatic heterocycles. The van der Waals surface area contributed by atoms with E-state index in [0.717, 1.165) is 25.3 Å². The summed E-state index contributed by atoms with van der Waals surface area (Å²) < 4.78 is 5.70. The minimum atomic E-state index is 0.308. The van der Waals surface area contributed by atoms with Crippen molar-refractivity contribution in [3.8, 4) is 0 Å². The third-order valence-corrected chi connectivity index (χ3v) is 4.70. The van der Waals surface area contributed by atoms with Gasteiger partial charge in [-0.15, -0.1) is 22.9 Å². The lowest BCUT2D eigenvalue weighted by atomic mass is 10.1. The molecule has 0 radical (unpaired) electrons. The zero-order valence-electron chi connectivity index (χ0n) is 11.2. The van der Waals surface area contributed by atoms with Crippen LogP contribution >= 0.6 is 22.9 Å². The number of halogens is 1. The Balaban J connectivity index is 2.16. The number of aromatic nitrogens is 1. The fourth-order valence-electron chi connectivity index (χ4n) is 2.45. The van der Waals surface area contributed by atoms with Crippen LogP contribution < -0.4 is 0 Å². The molecule has 0 spiro atoms. The van der Waals surface area contributed by atoms with E-state index in [4.69, 9.17) is 16.3 Å². The molecule has 0 aromatic carbocycles.